The van der Waals surface area contributed by atoms with Crippen molar-refractivity contribution in [2.24, 2.45) is 0 Å². The van der Waals surface area contributed by atoms with E-state index in [1.165, 1.54) is 6.07 Å². The van der Waals surface area contributed by atoms with Crippen LogP contribution in [0.15, 0.2) is 16.9 Å². The maximum absolute atomic E-state index is 11.0. The Bertz CT molecular complexity index is 359. The number of ether oxygens (including phenoxy) is 1. The summed E-state index contributed by atoms with van der Waals surface area (Å²) in [4.78, 5) is 13.7. The van der Waals surface area contributed by atoms with E-state index < -0.39 is 0 Å². The number of fused-ring (bicyclic) bond motifs is 1. The molecule has 0 saturated carbocycles. The second kappa shape index (κ2) is 3.22. The Hall–Kier alpha value is -1.29. The molecule has 0 spiro atoms. The average molecular weight is 180 g/mol. The highest BCUT2D eigenvalue weighted by Crippen LogP contribution is 2.17. The lowest BCUT2D eigenvalue weighted by Gasteiger charge is -2.10. The fourth-order valence-corrected chi connectivity index (χ4v) is 1.40. The number of rotatable bonds is 0. The van der Waals surface area contributed by atoms with Crippen molar-refractivity contribution in [3.05, 3.63) is 28.2 Å². The fraction of sp³-hybridized carbons (Fsp3) is 0.444. The number of hydrogen-bond acceptors (Lipinski definition) is 3. The van der Waals surface area contributed by atoms with E-state index in [1.54, 1.807) is 6.07 Å². The Morgan fingerprint density at radius 1 is 1.54 bits per heavy atom. The van der Waals surface area contributed by atoms with Gasteiger partial charge in [-0.25, -0.2) is 0 Å². The minimum Gasteiger partial charge on any atom is -0.488 e. The van der Waals surface area contributed by atoms with Gasteiger partial charge in [-0.15, -0.1) is 0 Å². The van der Waals surface area contributed by atoms with Crippen molar-refractivity contribution in [1.82, 2.24) is 10.3 Å². The Kier molecular flexibility index (Phi) is 2.06. The third kappa shape index (κ3) is 1.72. The lowest BCUT2D eigenvalue weighted by atomic mass is 10.3. The smallest absolute Gasteiger partial charge is 0.248 e. The molecule has 1 aliphatic rings. The van der Waals surface area contributed by atoms with Crippen LogP contribution in [0.1, 0.15) is 12.6 Å². The molecular formula is C9H12N2O2. The van der Waals surface area contributed by atoms with Crippen LogP contribution in [0.2, 0.25) is 0 Å². The first-order chi connectivity index (χ1) is 6.25. The topological polar surface area (TPSA) is 54.1 Å². The van der Waals surface area contributed by atoms with E-state index in [9.17, 15) is 4.79 Å². The largest absolute Gasteiger partial charge is 0.488 e. The highest BCUT2D eigenvalue weighted by molar-refractivity contribution is 5.27. The molecule has 0 radical (unpaired) electrons. The van der Waals surface area contributed by atoms with E-state index in [4.69, 9.17) is 4.74 Å². The van der Waals surface area contributed by atoms with Gasteiger partial charge in [0.2, 0.25) is 5.56 Å². The summed E-state index contributed by atoms with van der Waals surface area (Å²) in [6.45, 7) is 3.46. The van der Waals surface area contributed by atoms with Crippen LogP contribution in [-0.4, -0.2) is 17.6 Å². The van der Waals surface area contributed by atoms with Gasteiger partial charge >= 0.3 is 0 Å². The van der Waals surface area contributed by atoms with Crippen molar-refractivity contribution < 1.29 is 4.74 Å². The number of pyridine rings is 1. The molecule has 2 N–H and O–H groups in total. The highest BCUT2D eigenvalue weighted by atomic mass is 16.5. The van der Waals surface area contributed by atoms with Gasteiger partial charge in [0.1, 0.15) is 11.9 Å². The average Bonchev–Trinajstić information content (AvgIpc) is 2.25. The first-order valence-corrected chi connectivity index (χ1v) is 4.35. The standard InChI is InChI=1S/C9H12N2O2/c1-6-4-10-5-7-8(13-6)2-3-9(12)11-7/h2-3,6,10H,4-5H2,1H3,(H,11,12). The van der Waals surface area contributed by atoms with Gasteiger partial charge < -0.3 is 15.0 Å². The van der Waals surface area contributed by atoms with Crippen molar-refractivity contribution in [3.8, 4) is 5.75 Å². The summed E-state index contributed by atoms with van der Waals surface area (Å²) in [5.74, 6) is 0.775. The number of H-pyrrole nitrogens is 1. The molecule has 0 saturated heterocycles. The second-order valence-electron chi connectivity index (χ2n) is 3.22. The van der Waals surface area contributed by atoms with E-state index in [2.05, 4.69) is 10.3 Å². The Labute approximate surface area is 75.9 Å². The van der Waals surface area contributed by atoms with Crippen molar-refractivity contribution >= 4 is 0 Å². The van der Waals surface area contributed by atoms with E-state index in [0.29, 0.717) is 6.54 Å². The maximum Gasteiger partial charge on any atom is 0.248 e. The number of aromatic nitrogens is 1. The van der Waals surface area contributed by atoms with Crippen LogP contribution in [0.5, 0.6) is 5.75 Å². The molecule has 2 heterocycles. The van der Waals surface area contributed by atoms with E-state index in [1.807, 2.05) is 6.92 Å². The van der Waals surface area contributed by atoms with Crippen LogP contribution < -0.4 is 15.6 Å². The van der Waals surface area contributed by atoms with Gasteiger partial charge in [0.05, 0.1) is 5.69 Å². The molecule has 1 aliphatic heterocycles. The Morgan fingerprint density at radius 3 is 3.23 bits per heavy atom. The molecule has 4 nitrogen and oxygen atoms in total. The minimum atomic E-state index is -0.0845. The van der Waals surface area contributed by atoms with Crippen LogP contribution in [0.4, 0.5) is 0 Å². The van der Waals surface area contributed by atoms with Gasteiger partial charge in [0.25, 0.3) is 0 Å². The predicted molar refractivity (Wildman–Crippen MR) is 48.9 cm³/mol. The van der Waals surface area contributed by atoms with Crippen LogP contribution >= 0.6 is 0 Å². The minimum absolute atomic E-state index is 0.0845. The Morgan fingerprint density at radius 2 is 2.38 bits per heavy atom. The molecular weight excluding hydrogens is 168 g/mol. The van der Waals surface area contributed by atoms with Crippen LogP contribution in [0, 0.1) is 0 Å². The Balaban J connectivity index is 2.40. The molecule has 13 heavy (non-hydrogen) atoms. The molecule has 0 aliphatic carbocycles. The lowest BCUT2D eigenvalue weighted by Crippen LogP contribution is -2.25. The van der Waals surface area contributed by atoms with Crippen molar-refractivity contribution in [2.75, 3.05) is 6.54 Å². The van der Waals surface area contributed by atoms with Gasteiger partial charge in [-0.3, -0.25) is 4.79 Å². The van der Waals surface area contributed by atoms with Crippen molar-refractivity contribution in [2.45, 2.75) is 19.6 Å². The predicted octanol–water partition coefficient (Wildman–Crippen LogP) is 0.245. The lowest BCUT2D eigenvalue weighted by molar-refractivity contribution is 0.226. The van der Waals surface area contributed by atoms with E-state index >= 15 is 0 Å². The number of aromatic amines is 1. The van der Waals surface area contributed by atoms with Gasteiger partial charge in [-0.05, 0) is 13.0 Å². The molecule has 70 valence electrons. The number of hydrogen-bond donors (Lipinski definition) is 2. The number of nitrogens with one attached hydrogen (secondary N) is 2. The summed E-state index contributed by atoms with van der Waals surface area (Å²) in [6, 6.07) is 3.20. The summed E-state index contributed by atoms with van der Waals surface area (Å²) in [6.07, 6.45) is 0.146. The molecule has 1 aromatic rings. The summed E-state index contributed by atoms with van der Waals surface area (Å²) in [5.41, 5.74) is 0.746. The molecule has 0 fully saturated rings. The summed E-state index contributed by atoms with van der Waals surface area (Å²) >= 11 is 0. The van der Waals surface area contributed by atoms with E-state index in [0.717, 1.165) is 18.0 Å². The summed E-state index contributed by atoms with van der Waals surface area (Å²) in [5, 5.41) is 3.19. The van der Waals surface area contributed by atoms with Gasteiger partial charge in [0.15, 0.2) is 0 Å². The van der Waals surface area contributed by atoms with Crippen LogP contribution in [0.25, 0.3) is 0 Å². The maximum atomic E-state index is 11.0. The van der Waals surface area contributed by atoms with Gasteiger partial charge in [0, 0.05) is 19.2 Å². The first-order valence-electron chi connectivity index (χ1n) is 4.35. The molecule has 0 bridgehead atoms. The van der Waals surface area contributed by atoms with Crippen LogP contribution in [-0.2, 0) is 6.54 Å². The van der Waals surface area contributed by atoms with Crippen molar-refractivity contribution in [3.63, 3.8) is 0 Å². The van der Waals surface area contributed by atoms with Crippen molar-refractivity contribution in [1.29, 1.82) is 0 Å². The first kappa shape index (κ1) is 8.31. The molecule has 4 heteroatoms. The quantitative estimate of drug-likeness (QED) is 0.601. The molecule has 1 aromatic heterocycles. The third-order valence-corrected chi connectivity index (χ3v) is 2.02. The summed E-state index contributed by atoms with van der Waals surface area (Å²) < 4.78 is 5.58. The zero-order chi connectivity index (χ0) is 9.26. The SMILES string of the molecule is CC1CNCc2[nH]c(=O)ccc2O1. The third-order valence-electron chi connectivity index (χ3n) is 2.02. The molecule has 0 aromatic carbocycles. The van der Waals surface area contributed by atoms with Crippen LogP contribution in [0.3, 0.4) is 0 Å². The fourth-order valence-electron chi connectivity index (χ4n) is 1.40. The summed E-state index contributed by atoms with van der Waals surface area (Å²) in [7, 11) is 0. The zero-order valence-electron chi connectivity index (χ0n) is 7.46. The molecule has 1 unspecified atom stereocenters. The van der Waals surface area contributed by atoms with E-state index in [-0.39, 0.29) is 11.7 Å². The normalized spacial score (nSPS) is 21.5. The zero-order valence-corrected chi connectivity index (χ0v) is 7.46. The highest BCUT2D eigenvalue weighted by Gasteiger charge is 2.13. The van der Waals surface area contributed by atoms with Gasteiger partial charge in [-0.2, -0.15) is 0 Å². The molecule has 2 rings (SSSR count). The second-order valence-corrected chi connectivity index (χ2v) is 3.22. The molecule has 0 amide bonds. The monoisotopic (exact) mass is 180 g/mol. The molecule has 1 atom stereocenters. The van der Waals surface area contributed by atoms with Gasteiger partial charge in [-0.1, -0.05) is 0 Å².